The van der Waals surface area contributed by atoms with Gasteiger partial charge in [0, 0.05) is 19.7 Å². The first kappa shape index (κ1) is 12.2. The van der Waals surface area contributed by atoms with E-state index in [-0.39, 0.29) is 0 Å². The van der Waals surface area contributed by atoms with Gasteiger partial charge in [0.15, 0.2) is 4.77 Å². The van der Waals surface area contributed by atoms with Gasteiger partial charge in [-0.3, -0.25) is 4.57 Å². The summed E-state index contributed by atoms with van der Waals surface area (Å²) in [5, 5.41) is 7.32. The number of piperidine rings is 1. The molecular weight excluding hydrogens is 248 g/mol. The zero-order valence-corrected chi connectivity index (χ0v) is 11.4. The summed E-state index contributed by atoms with van der Waals surface area (Å²) in [5.41, 5.74) is 0. The highest BCUT2D eigenvalue weighted by molar-refractivity contribution is 7.71. The first-order valence-electron chi connectivity index (χ1n) is 6.86. The van der Waals surface area contributed by atoms with Crippen LogP contribution in [-0.4, -0.2) is 40.6 Å². The molecule has 2 saturated heterocycles. The second kappa shape index (κ2) is 5.40. The van der Waals surface area contributed by atoms with Crippen molar-refractivity contribution in [3.05, 3.63) is 4.77 Å². The Hall–Kier alpha value is -0.880. The van der Waals surface area contributed by atoms with Crippen molar-refractivity contribution >= 4 is 18.2 Å². The molecule has 0 aliphatic carbocycles. The third kappa shape index (κ3) is 2.44. The minimum absolute atomic E-state index is 0.304. The Balaban J connectivity index is 1.78. The molecule has 6 heteroatoms. The Morgan fingerprint density at radius 3 is 2.83 bits per heavy atom. The van der Waals surface area contributed by atoms with Crippen LogP contribution >= 0.6 is 12.2 Å². The molecule has 3 rings (SSSR count). The van der Waals surface area contributed by atoms with E-state index < -0.39 is 0 Å². The minimum Gasteiger partial charge on any atom is -0.376 e. The number of hydrogen-bond donors (Lipinski definition) is 1. The average Bonchev–Trinajstić information content (AvgIpc) is 3.03. The average molecular weight is 268 g/mol. The van der Waals surface area contributed by atoms with Gasteiger partial charge < -0.3 is 9.64 Å². The van der Waals surface area contributed by atoms with Gasteiger partial charge in [-0.2, -0.15) is 0 Å². The van der Waals surface area contributed by atoms with Crippen molar-refractivity contribution in [1.82, 2.24) is 14.8 Å². The van der Waals surface area contributed by atoms with Crippen LogP contribution in [0.5, 0.6) is 0 Å². The third-order valence-electron chi connectivity index (χ3n) is 3.79. The molecule has 18 heavy (non-hydrogen) atoms. The zero-order chi connectivity index (χ0) is 12.4. The molecule has 0 aromatic carbocycles. The lowest BCUT2D eigenvalue weighted by Gasteiger charge is -2.28. The number of ether oxygens (including phenoxy) is 1. The van der Waals surface area contributed by atoms with Gasteiger partial charge in [-0.05, 0) is 44.3 Å². The second-order valence-electron chi connectivity index (χ2n) is 5.12. The summed E-state index contributed by atoms with van der Waals surface area (Å²) in [4.78, 5) is 2.34. The van der Waals surface area contributed by atoms with E-state index in [1.807, 2.05) is 0 Å². The van der Waals surface area contributed by atoms with E-state index in [0.29, 0.717) is 10.9 Å². The van der Waals surface area contributed by atoms with Crippen LogP contribution in [0.3, 0.4) is 0 Å². The van der Waals surface area contributed by atoms with Crippen molar-refractivity contribution in [1.29, 1.82) is 0 Å². The third-order valence-corrected chi connectivity index (χ3v) is 4.10. The fourth-order valence-corrected chi connectivity index (χ4v) is 3.00. The Bertz CT molecular complexity index is 443. The summed E-state index contributed by atoms with van der Waals surface area (Å²) in [6.45, 7) is 3.90. The number of aromatic nitrogens is 3. The van der Waals surface area contributed by atoms with E-state index in [0.717, 1.165) is 45.0 Å². The van der Waals surface area contributed by atoms with Crippen molar-refractivity contribution in [2.45, 2.75) is 44.8 Å². The fourth-order valence-electron chi connectivity index (χ4n) is 2.80. The summed E-state index contributed by atoms with van der Waals surface area (Å²) in [7, 11) is 0. The molecule has 0 amide bonds. The normalized spacial score (nSPS) is 24.7. The minimum atomic E-state index is 0.304. The SMILES string of the molecule is S=c1[nH]nc(N2CCCCC2)n1C[C@H]1CCCO1. The van der Waals surface area contributed by atoms with Crippen molar-refractivity contribution in [3.8, 4) is 0 Å². The quantitative estimate of drug-likeness (QED) is 0.853. The van der Waals surface area contributed by atoms with Gasteiger partial charge in [0.05, 0.1) is 12.6 Å². The van der Waals surface area contributed by atoms with E-state index in [9.17, 15) is 0 Å². The van der Waals surface area contributed by atoms with E-state index in [2.05, 4.69) is 19.7 Å². The summed E-state index contributed by atoms with van der Waals surface area (Å²) in [5.74, 6) is 0.996. The molecule has 1 aromatic rings. The number of nitrogens with zero attached hydrogens (tertiary/aromatic N) is 3. The Morgan fingerprint density at radius 1 is 1.28 bits per heavy atom. The molecule has 0 saturated carbocycles. The van der Waals surface area contributed by atoms with Crippen molar-refractivity contribution in [3.63, 3.8) is 0 Å². The number of H-pyrrole nitrogens is 1. The van der Waals surface area contributed by atoms with Crippen LogP contribution in [0.15, 0.2) is 0 Å². The van der Waals surface area contributed by atoms with Crippen LogP contribution in [0.2, 0.25) is 0 Å². The molecule has 1 N–H and O–H groups in total. The Kier molecular flexibility index (Phi) is 3.65. The Labute approximate surface area is 112 Å². The van der Waals surface area contributed by atoms with Gasteiger partial charge >= 0.3 is 0 Å². The van der Waals surface area contributed by atoms with Crippen LogP contribution in [0.1, 0.15) is 32.1 Å². The summed E-state index contributed by atoms with van der Waals surface area (Å²) >= 11 is 5.34. The molecule has 5 nitrogen and oxygen atoms in total. The van der Waals surface area contributed by atoms with Gasteiger partial charge in [-0.25, -0.2) is 5.10 Å². The predicted molar refractivity (Wildman–Crippen MR) is 72.4 cm³/mol. The molecule has 2 aliphatic rings. The molecule has 2 fully saturated rings. The van der Waals surface area contributed by atoms with Gasteiger partial charge in [0.25, 0.3) is 0 Å². The summed E-state index contributed by atoms with van der Waals surface area (Å²) < 4.78 is 8.52. The maximum absolute atomic E-state index is 5.70. The first-order chi connectivity index (χ1) is 8.84. The number of hydrogen-bond acceptors (Lipinski definition) is 4. The van der Waals surface area contributed by atoms with Crippen LogP contribution in [0.25, 0.3) is 0 Å². The molecule has 0 spiro atoms. The summed E-state index contributed by atoms with van der Waals surface area (Å²) in [6.07, 6.45) is 6.42. The molecule has 1 atom stereocenters. The fraction of sp³-hybridized carbons (Fsp3) is 0.833. The largest absolute Gasteiger partial charge is 0.376 e. The van der Waals surface area contributed by atoms with Gasteiger partial charge in [0.2, 0.25) is 5.95 Å². The Morgan fingerprint density at radius 2 is 2.11 bits per heavy atom. The van der Waals surface area contributed by atoms with E-state index in [4.69, 9.17) is 17.0 Å². The number of rotatable bonds is 3. The lowest BCUT2D eigenvalue weighted by molar-refractivity contribution is 0.0968. The van der Waals surface area contributed by atoms with E-state index in [1.54, 1.807) is 0 Å². The zero-order valence-electron chi connectivity index (χ0n) is 10.6. The molecule has 0 unspecified atom stereocenters. The highest BCUT2D eigenvalue weighted by atomic mass is 32.1. The number of nitrogens with one attached hydrogen (secondary N) is 1. The molecule has 0 bridgehead atoms. The van der Waals surface area contributed by atoms with Crippen LogP contribution in [-0.2, 0) is 11.3 Å². The van der Waals surface area contributed by atoms with Gasteiger partial charge in [-0.1, -0.05) is 0 Å². The molecule has 3 heterocycles. The van der Waals surface area contributed by atoms with Gasteiger partial charge in [-0.15, -0.1) is 5.10 Å². The van der Waals surface area contributed by atoms with Gasteiger partial charge in [0.1, 0.15) is 0 Å². The van der Waals surface area contributed by atoms with E-state index in [1.165, 1.54) is 19.3 Å². The lowest BCUT2D eigenvalue weighted by Crippen LogP contribution is -2.32. The standard InChI is InChI=1S/C12H20N4OS/c18-12-14-13-11(15-6-2-1-3-7-15)16(12)9-10-5-4-8-17-10/h10H,1-9H2,(H,14,18)/t10-/m1/s1. The predicted octanol–water partition coefficient (Wildman–Crippen LogP) is 2.11. The first-order valence-corrected chi connectivity index (χ1v) is 7.27. The molecule has 100 valence electrons. The van der Waals surface area contributed by atoms with Crippen LogP contribution in [0, 0.1) is 4.77 Å². The highest BCUT2D eigenvalue weighted by Gasteiger charge is 2.21. The number of anilines is 1. The molecule has 1 aromatic heterocycles. The molecule has 2 aliphatic heterocycles. The molecular formula is C12H20N4OS. The maximum Gasteiger partial charge on any atom is 0.225 e. The molecule has 0 radical (unpaired) electrons. The highest BCUT2D eigenvalue weighted by Crippen LogP contribution is 2.21. The number of aromatic amines is 1. The lowest BCUT2D eigenvalue weighted by atomic mass is 10.1. The topological polar surface area (TPSA) is 46.1 Å². The maximum atomic E-state index is 5.70. The van der Waals surface area contributed by atoms with E-state index >= 15 is 0 Å². The monoisotopic (exact) mass is 268 g/mol. The van der Waals surface area contributed by atoms with Crippen molar-refractivity contribution in [2.75, 3.05) is 24.6 Å². The van der Waals surface area contributed by atoms with Crippen LogP contribution in [0.4, 0.5) is 5.95 Å². The van der Waals surface area contributed by atoms with Crippen LogP contribution < -0.4 is 4.90 Å². The smallest absolute Gasteiger partial charge is 0.225 e. The second-order valence-corrected chi connectivity index (χ2v) is 5.51. The summed E-state index contributed by atoms with van der Waals surface area (Å²) in [6, 6.07) is 0. The van der Waals surface area contributed by atoms with Crippen molar-refractivity contribution < 1.29 is 4.74 Å². The van der Waals surface area contributed by atoms with Crippen molar-refractivity contribution in [2.24, 2.45) is 0 Å².